The van der Waals surface area contributed by atoms with Gasteiger partial charge in [0, 0.05) is 41.3 Å². The highest BCUT2D eigenvalue weighted by Crippen LogP contribution is 2.36. The Labute approximate surface area is 229 Å². The summed E-state index contributed by atoms with van der Waals surface area (Å²) in [6.07, 6.45) is 2.96. The number of fused-ring (bicyclic) bond motifs is 2. The van der Waals surface area contributed by atoms with Gasteiger partial charge in [-0.2, -0.15) is 0 Å². The summed E-state index contributed by atoms with van der Waals surface area (Å²) in [5, 5.41) is 7.93. The summed E-state index contributed by atoms with van der Waals surface area (Å²) in [6.45, 7) is 11.2. The number of ether oxygens (including phenoxy) is 2. The number of benzene rings is 3. The minimum absolute atomic E-state index is 0.160. The van der Waals surface area contributed by atoms with E-state index in [4.69, 9.17) is 13.9 Å². The number of carbonyl (C=O) groups excluding carboxylic acids is 1. The highest BCUT2D eigenvalue weighted by Gasteiger charge is 2.24. The third-order valence-corrected chi connectivity index (χ3v) is 6.96. The van der Waals surface area contributed by atoms with E-state index in [0.717, 1.165) is 64.4 Å². The van der Waals surface area contributed by atoms with Gasteiger partial charge in [-0.05, 0) is 55.2 Å². The van der Waals surface area contributed by atoms with E-state index in [1.54, 1.807) is 0 Å². The molecule has 1 aliphatic heterocycles. The lowest BCUT2D eigenvalue weighted by Crippen LogP contribution is -2.22. The summed E-state index contributed by atoms with van der Waals surface area (Å²) in [6, 6.07) is 13.4. The summed E-state index contributed by atoms with van der Waals surface area (Å²) in [7, 11) is 0. The number of aromatic nitrogens is 1. The molecule has 5 rings (SSSR count). The Morgan fingerprint density at radius 3 is 2.59 bits per heavy atom. The molecule has 0 saturated carbocycles. The standard InChI is InChI=1S/C32H35N3O4/c1-20-27(19-25(32(3,4)5)30-29(20)33-21(2)39-30)35-31(36)34-26-16-15-22(23-12-6-7-13-24(23)26)11-10-18-38-28-14-8-9-17-37-28/h6-7,12-13,15-16,19,28H,8-9,14,17-18H2,1-5H3,(H2,34,35,36). The fourth-order valence-electron chi connectivity index (χ4n) is 4.90. The van der Waals surface area contributed by atoms with Crippen LogP contribution in [0.2, 0.25) is 0 Å². The van der Waals surface area contributed by atoms with Crippen LogP contribution in [0.25, 0.3) is 21.9 Å². The van der Waals surface area contributed by atoms with Crippen LogP contribution in [0.15, 0.2) is 46.9 Å². The second kappa shape index (κ2) is 11.1. The van der Waals surface area contributed by atoms with Crippen LogP contribution in [0.1, 0.15) is 62.6 Å². The average molecular weight is 526 g/mol. The molecule has 3 aromatic carbocycles. The molecule has 7 heteroatoms. The lowest BCUT2D eigenvalue weighted by molar-refractivity contribution is -0.154. The SMILES string of the molecule is Cc1nc2c(C)c(NC(=O)Nc3ccc(C#CCOC4CCCCO4)c4ccccc34)cc(C(C)(C)C)c2o1. The molecule has 0 radical (unpaired) electrons. The summed E-state index contributed by atoms with van der Waals surface area (Å²) in [5.74, 6) is 6.93. The first kappa shape index (κ1) is 26.7. The number of hydrogen-bond acceptors (Lipinski definition) is 5. The number of hydrogen-bond donors (Lipinski definition) is 2. The molecule has 39 heavy (non-hydrogen) atoms. The molecule has 202 valence electrons. The normalized spacial score (nSPS) is 15.7. The number of anilines is 2. The van der Waals surface area contributed by atoms with Crippen molar-refractivity contribution in [1.82, 2.24) is 4.98 Å². The van der Waals surface area contributed by atoms with E-state index in [2.05, 4.69) is 48.2 Å². The quantitative estimate of drug-likeness (QED) is 0.271. The summed E-state index contributed by atoms with van der Waals surface area (Å²) >= 11 is 0. The third-order valence-electron chi connectivity index (χ3n) is 6.96. The predicted molar refractivity (Wildman–Crippen MR) is 155 cm³/mol. The highest BCUT2D eigenvalue weighted by molar-refractivity contribution is 6.08. The topological polar surface area (TPSA) is 85.6 Å². The number of rotatable bonds is 4. The van der Waals surface area contributed by atoms with E-state index < -0.39 is 0 Å². The lowest BCUT2D eigenvalue weighted by atomic mass is 9.85. The number of oxazole rings is 1. The Morgan fingerprint density at radius 1 is 1.08 bits per heavy atom. The van der Waals surface area contributed by atoms with Gasteiger partial charge in [0.2, 0.25) is 0 Å². The first-order chi connectivity index (χ1) is 18.7. The van der Waals surface area contributed by atoms with Crippen molar-refractivity contribution in [3.8, 4) is 11.8 Å². The van der Waals surface area contributed by atoms with Crippen molar-refractivity contribution in [2.45, 2.75) is 65.6 Å². The number of nitrogens with one attached hydrogen (secondary N) is 2. The molecular formula is C32H35N3O4. The molecule has 0 spiro atoms. The first-order valence-electron chi connectivity index (χ1n) is 13.4. The summed E-state index contributed by atoms with van der Waals surface area (Å²) in [4.78, 5) is 17.8. The Kier molecular flexibility index (Phi) is 7.60. The van der Waals surface area contributed by atoms with Gasteiger partial charge < -0.3 is 24.5 Å². The minimum atomic E-state index is -0.331. The van der Waals surface area contributed by atoms with Gasteiger partial charge in [0.25, 0.3) is 0 Å². The van der Waals surface area contributed by atoms with Gasteiger partial charge in [0.1, 0.15) is 12.1 Å². The molecule has 1 atom stereocenters. The van der Waals surface area contributed by atoms with Gasteiger partial charge in [-0.15, -0.1) is 0 Å². The molecule has 0 bridgehead atoms. The zero-order valence-electron chi connectivity index (χ0n) is 23.2. The Bertz CT molecular complexity index is 1580. The van der Waals surface area contributed by atoms with Gasteiger partial charge in [-0.3, -0.25) is 0 Å². The summed E-state index contributed by atoms with van der Waals surface area (Å²) in [5.41, 5.74) is 5.48. The highest BCUT2D eigenvalue weighted by atomic mass is 16.7. The third kappa shape index (κ3) is 5.93. The number of amides is 2. The van der Waals surface area contributed by atoms with Crippen molar-refractivity contribution in [2.75, 3.05) is 23.8 Å². The molecule has 0 aliphatic carbocycles. The van der Waals surface area contributed by atoms with E-state index in [-0.39, 0.29) is 17.7 Å². The summed E-state index contributed by atoms with van der Waals surface area (Å²) < 4.78 is 17.3. The number of carbonyl (C=O) groups is 1. The van der Waals surface area contributed by atoms with Crippen LogP contribution in [-0.4, -0.2) is 30.5 Å². The van der Waals surface area contributed by atoms with Crippen molar-refractivity contribution >= 4 is 39.3 Å². The largest absolute Gasteiger partial charge is 0.441 e. The van der Waals surface area contributed by atoms with Crippen LogP contribution in [0.5, 0.6) is 0 Å². The van der Waals surface area contributed by atoms with Gasteiger partial charge >= 0.3 is 6.03 Å². The number of urea groups is 1. The van der Waals surface area contributed by atoms with Crippen molar-refractivity contribution in [3.63, 3.8) is 0 Å². The molecule has 7 nitrogen and oxygen atoms in total. The van der Waals surface area contributed by atoms with Crippen molar-refractivity contribution in [3.05, 3.63) is 65.0 Å². The molecule has 2 amide bonds. The van der Waals surface area contributed by atoms with Crippen molar-refractivity contribution in [1.29, 1.82) is 0 Å². The molecule has 1 fully saturated rings. The van der Waals surface area contributed by atoms with Crippen molar-refractivity contribution in [2.24, 2.45) is 0 Å². The van der Waals surface area contributed by atoms with Gasteiger partial charge in [0.05, 0.1) is 5.69 Å². The monoisotopic (exact) mass is 525 g/mol. The van der Waals surface area contributed by atoms with Crippen LogP contribution in [0, 0.1) is 25.7 Å². The Balaban J connectivity index is 1.36. The van der Waals surface area contributed by atoms with E-state index in [1.807, 2.05) is 56.3 Å². The molecule has 1 aromatic heterocycles. The van der Waals surface area contributed by atoms with Crippen LogP contribution < -0.4 is 10.6 Å². The second-order valence-electron chi connectivity index (χ2n) is 11.0. The Morgan fingerprint density at radius 2 is 1.85 bits per heavy atom. The van der Waals surface area contributed by atoms with Crippen LogP contribution >= 0.6 is 0 Å². The molecular weight excluding hydrogens is 490 g/mol. The molecule has 2 N–H and O–H groups in total. The van der Waals surface area contributed by atoms with Gasteiger partial charge in [-0.1, -0.05) is 56.9 Å². The van der Waals surface area contributed by atoms with Gasteiger partial charge in [0.15, 0.2) is 17.8 Å². The van der Waals surface area contributed by atoms with E-state index >= 15 is 0 Å². The smallest absolute Gasteiger partial charge is 0.323 e. The zero-order chi connectivity index (χ0) is 27.6. The van der Waals surface area contributed by atoms with Crippen LogP contribution in [0.3, 0.4) is 0 Å². The minimum Gasteiger partial charge on any atom is -0.441 e. The molecule has 2 heterocycles. The predicted octanol–water partition coefficient (Wildman–Crippen LogP) is 7.43. The Hall–Kier alpha value is -3.86. The molecule has 4 aromatic rings. The lowest BCUT2D eigenvalue weighted by Gasteiger charge is -2.21. The second-order valence-corrected chi connectivity index (χ2v) is 11.0. The van der Waals surface area contributed by atoms with E-state index in [1.165, 1.54) is 0 Å². The molecule has 1 saturated heterocycles. The maximum absolute atomic E-state index is 13.2. The maximum Gasteiger partial charge on any atom is 0.323 e. The fourth-order valence-corrected chi connectivity index (χ4v) is 4.90. The van der Waals surface area contributed by atoms with E-state index in [0.29, 0.717) is 23.9 Å². The van der Waals surface area contributed by atoms with Gasteiger partial charge in [-0.25, -0.2) is 9.78 Å². The molecule has 1 unspecified atom stereocenters. The number of nitrogens with zero attached hydrogens (tertiary/aromatic N) is 1. The van der Waals surface area contributed by atoms with Crippen LogP contribution in [0.4, 0.5) is 16.2 Å². The maximum atomic E-state index is 13.2. The zero-order valence-corrected chi connectivity index (χ0v) is 23.2. The number of aryl methyl sites for hydroxylation is 2. The molecule has 1 aliphatic rings. The fraction of sp³-hybridized carbons (Fsp3) is 0.375. The first-order valence-corrected chi connectivity index (χ1v) is 13.4. The average Bonchev–Trinajstić information content (AvgIpc) is 3.30. The van der Waals surface area contributed by atoms with Crippen LogP contribution in [-0.2, 0) is 14.9 Å². The van der Waals surface area contributed by atoms with Crippen molar-refractivity contribution < 1.29 is 18.7 Å². The van der Waals surface area contributed by atoms with E-state index in [9.17, 15) is 4.79 Å².